The van der Waals surface area contributed by atoms with E-state index in [1.807, 2.05) is 50.2 Å². The van der Waals surface area contributed by atoms with E-state index >= 15 is 0 Å². The quantitative estimate of drug-likeness (QED) is 0.395. The third kappa shape index (κ3) is 4.74. The number of rotatable bonds is 7. The van der Waals surface area contributed by atoms with E-state index in [1.54, 1.807) is 17.1 Å². The van der Waals surface area contributed by atoms with Crippen LogP contribution in [0.5, 0.6) is 11.5 Å². The number of fused-ring (bicyclic) bond motifs is 1. The van der Waals surface area contributed by atoms with E-state index < -0.39 is 0 Å². The Labute approximate surface area is 205 Å². The molecule has 2 aliphatic rings. The number of allylic oxidation sites excluding steroid dienone is 1. The first-order chi connectivity index (χ1) is 17.2. The smallest absolute Gasteiger partial charge is 0.310 e. The highest BCUT2D eigenvalue weighted by atomic mass is 16.5. The van der Waals surface area contributed by atoms with Crippen LogP contribution in [0.25, 0.3) is 6.08 Å². The van der Waals surface area contributed by atoms with Crippen molar-refractivity contribution in [3.63, 3.8) is 0 Å². The van der Waals surface area contributed by atoms with Crippen molar-refractivity contribution < 1.29 is 18.7 Å². The molecular formula is C29H30N2O4. The zero-order chi connectivity index (χ0) is 24.2. The van der Waals surface area contributed by atoms with Gasteiger partial charge in [0.15, 0.2) is 5.76 Å². The van der Waals surface area contributed by atoms with Crippen molar-refractivity contribution in [1.29, 1.82) is 0 Å². The van der Waals surface area contributed by atoms with Crippen LogP contribution in [0, 0.1) is 5.92 Å². The van der Waals surface area contributed by atoms with Crippen LogP contribution in [0.3, 0.4) is 0 Å². The number of hydrogen-bond acceptors (Lipinski definition) is 5. The molecule has 2 heterocycles. The van der Waals surface area contributed by atoms with Crippen molar-refractivity contribution in [2.24, 2.45) is 11.0 Å². The number of benzene rings is 2. The highest BCUT2D eigenvalue weighted by Gasteiger charge is 2.44. The van der Waals surface area contributed by atoms with Gasteiger partial charge >= 0.3 is 5.91 Å². The minimum absolute atomic E-state index is 0.120. The second kappa shape index (κ2) is 10.2. The average molecular weight is 471 g/mol. The summed E-state index contributed by atoms with van der Waals surface area (Å²) in [5.74, 6) is 1.87. The van der Waals surface area contributed by atoms with Gasteiger partial charge in [0, 0.05) is 5.92 Å². The Morgan fingerprint density at radius 2 is 1.71 bits per heavy atom. The van der Waals surface area contributed by atoms with Gasteiger partial charge < -0.3 is 13.9 Å². The van der Waals surface area contributed by atoms with Gasteiger partial charge in [-0.2, -0.15) is 5.10 Å². The molecule has 1 amide bonds. The SMILES string of the molecule is CCOc1ccc(/C=C2\CCC[C@H]3C2=NN(C(=O)c2ccco2)[C@@H]3c2ccc(OCC)cc2)cc1. The van der Waals surface area contributed by atoms with Gasteiger partial charge in [-0.3, -0.25) is 4.79 Å². The Morgan fingerprint density at radius 1 is 1.03 bits per heavy atom. The van der Waals surface area contributed by atoms with E-state index in [-0.39, 0.29) is 17.9 Å². The lowest BCUT2D eigenvalue weighted by Gasteiger charge is -2.29. The zero-order valence-corrected chi connectivity index (χ0v) is 20.1. The summed E-state index contributed by atoms with van der Waals surface area (Å²) in [6.45, 7) is 5.20. The van der Waals surface area contributed by atoms with Crippen LogP contribution in [-0.2, 0) is 0 Å². The number of carbonyl (C=O) groups is 1. The molecule has 0 radical (unpaired) electrons. The number of ether oxygens (including phenoxy) is 2. The van der Waals surface area contributed by atoms with Gasteiger partial charge in [-0.15, -0.1) is 0 Å². The summed E-state index contributed by atoms with van der Waals surface area (Å²) in [6.07, 6.45) is 6.66. The highest BCUT2D eigenvalue weighted by molar-refractivity contribution is 6.09. The first kappa shape index (κ1) is 23.0. The van der Waals surface area contributed by atoms with E-state index in [4.69, 9.17) is 19.0 Å². The molecule has 1 aliphatic carbocycles. The summed E-state index contributed by atoms with van der Waals surface area (Å²) in [7, 11) is 0. The third-order valence-electron chi connectivity index (χ3n) is 6.51. The predicted molar refractivity (Wildman–Crippen MR) is 136 cm³/mol. The van der Waals surface area contributed by atoms with Crippen LogP contribution in [0.2, 0.25) is 0 Å². The van der Waals surface area contributed by atoms with Crippen LogP contribution >= 0.6 is 0 Å². The molecule has 0 saturated heterocycles. The lowest BCUT2D eigenvalue weighted by atomic mass is 9.77. The van der Waals surface area contributed by atoms with E-state index in [2.05, 4.69) is 18.2 Å². The fourth-order valence-electron chi connectivity index (χ4n) is 4.97. The van der Waals surface area contributed by atoms with Crippen molar-refractivity contribution in [3.8, 4) is 11.5 Å². The van der Waals surface area contributed by atoms with Gasteiger partial charge in [-0.05, 0) is 92.3 Å². The molecular weight excluding hydrogens is 440 g/mol. The van der Waals surface area contributed by atoms with Gasteiger partial charge in [0.1, 0.15) is 11.5 Å². The summed E-state index contributed by atoms with van der Waals surface area (Å²) >= 11 is 0. The minimum Gasteiger partial charge on any atom is -0.494 e. The Bertz CT molecular complexity index is 1210. The first-order valence-electron chi connectivity index (χ1n) is 12.3. The number of furan rings is 1. The van der Waals surface area contributed by atoms with Crippen LogP contribution in [0.1, 0.15) is 60.8 Å². The van der Waals surface area contributed by atoms with Crippen LogP contribution in [-0.4, -0.2) is 29.8 Å². The number of hydrazone groups is 1. The van der Waals surface area contributed by atoms with Gasteiger partial charge in [-0.25, -0.2) is 5.01 Å². The summed E-state index contributed by atoms with van der Waals surface area (Å²) in [4.78, 5) is 13.4. The molecule has 1 fully saturated rings. The van der Waals surface area contributed by atoms with Crippen molar-refractivity contribution in [2.45, 2.75) is 39.2 Å². The molecule has 180 valence electrons. The molecule has 6 heteroatoms. The molecule has 0 spiro atoms. The molecule has 0 bridgehead atoms. The summed E-state index contributed by atoms with van der Waals surface area (Å²) < 4.78 is 16.6. The second-order valence-electron chi connectivity index (χ2n) is 8.73. The van der Waals surface area contributed by atoms with Crippen molar-refractivity contribution >= 4 is 17.7 Å². The van der Waals surface area contributed by atoms with Crippen molar-refractivity contribution in [3.05, 3.63) is 89.4 Å². The first-order valence-corrected chi connectivity index (χ1v) is 12.3. The highest BCUT2D eigenvalue weighted by Crippen LogP contribution is 2.45. The Kier molecular flexibility index (Phi) is 6.70. The maximum Gasteiger partial charge on any atom is 0.310 e. The zero-order valence-electron chi connectivity index (χ0n) is 20.1. The standard InChI is InChI=1S/C29H30N2O4/c1-3-33-23-14-10-20(11-15-23)19-22-7-5-8-25-27(22)30-31(29(32)26-9-6-18-35-26)28(25)21-12-16-24(17-13-21)34-4-2/h6,9-19,25,28H,3-5,7-8H2,1-2H3/b22-19+/t25-,28+/m0/s1. The lowest BCUT2D eigenvalue weighted by Crippen LogP contribution is -2.31. The van der Waals surface area contributed by atoms with E-state index in [0.717, 1.165) is 47.6 Å². The van der Waals surface area contributed by atoms with Crippen molar-refractivity contribution in [2.75, 3.05) is 13.2 Å². The average Bonchev–Trinajstić information content (AvgIpc) is 3.55. The van der Waals surface area contributed by atoms with Crippen molar-refractivity contribution in [1.82, 2.24) is 5.01 Å². The molecule has 2 atom stereocenters. The molecule has 6 nitrogen and oxygen atoms in total. The Hall–Kier alpha value is -3.80. The normalized spacial score (nSPS) is 20.5. The number of carbonyl (C=O) groups excluding carboxylic acids is 1. The fraction of sp³-hybridized carbons (Fsp3) is 0.310. The summed E-state index contributed by atoms with van der Waals surface area (Å²) in [6, 6.07) is 19.3. The predicted octanol–water partition coefficient (Wildman–Crippen LogP) is 6.51. The monoisotopic (exact) mass is 470 g/mol. The maximum atomic E-state index is 13.4. The number of amides is 1. The van der Waals surface area contributed by atoms with Crippen LogP contribution < -0.4 is 9.47 Å². The molecule has 1 aromatic heterocycles. The minimum atomic E-state index is -0.226. The van der Waals surface area contributed by atoms with Crippen LogP contribution in [0.4, 0.5) is 0 Å². The Balaban J connectivity index is 1.50. The summed E-state index contributed by atoms with van der Waals surface area (Å²) in [5, 5.41) is 6.54. The topological polar surface area (TPSA) is 64.3 Å². The maximum absolute atomic E-state index is 13.4. The largest absolute Gasteiger partial charge is 0.494 e. The van der Waals surface area contributed by atoms with Gasteiger partial charge in [0.05, 0.1) is 31.2 Å². The number of nitrogens with zero attached hydrogens (tertiary/aromatic N) is 2. The number of hydrogen-bond donors (Lipinski definition) is 0. The van der Waals surface area contributed by atoms with E-state index in [1.165, 1.54) is 11.8 Å². The summed E-state index contributed by atoms with van der Waals surface area (Å²) in [5.41, 5.74) is 4.31. The lowest BCUT2D eigenvalue weighted by molar-refractivity contribution is 0.0648. The molecule has 1 aliphatic heterocycles. The molecule has 0 N–H and O–H groups in total. The van der Waals surface area contributed by atoms with Gasteiger partial charge in [-0.1, -0.05) is 24.3 Å². The molecule has 0 unspecified atom stereocenters. The van der Waals surface area contributed by atoms with E-state index in [9.17, 15) is 4.79 Å². The van der Waals surface area contributed by atoms with Gasteiger partial charge in [0.2, 0.25) is 0 Å². The molecule has 1 saturated carbocycles. The Morgan fingerprint density at radius 3 is 2.34 bits per heavy atom. The molecule has 3 aromatic rings. The van der Waals surface area contributed by atoms with Gasteiger partial charge in [0.25, 0.3) is 0 Å². The third-order valence-corrected chi connectivity index (χ3v) is 6.51. The molecule has 35 heavy (non-hydrogen) atoms. The molecule has 5 rings (SSSR count). The fourth-order valence-corrected chi connectivity index (χ4v) is 4.97. The van der Waals surface area contributed by atoms with E-state index in [0.29, 0.717) is 19.0 Å². The van der Waals surface area contributed by atoms with Crippen LogP contribution in [0.15, 0.2) is 82.0 Å². The molecule has 2 aromatic carbocycles. The second-order valence-corrected chi connectivity index (χ2v) is 8.73.